The third-order valence-corrected chi connectivity index (χ3v) is 6.00. The van der Waals surface area contributed by atoms with Crippen LogP contribution in [-0.2, 0) is 4.79 Å². The van der Waals surface area contributed by atoms with Crippen LogP contribution in [0.2, 0.25) is 0 Å². The minimum absolute atomic E-state index is 0.198. The molecular weight excluding hydrogens is 260 g/mol. The van der Waals surface area contributed by atoms with Crippen molar-refractivity contribution in [3.8, 4) is 0 Å². The Labute approximate surface area is 129 Å². The maximum absolute atomic E-state index is 13.2. The predicted octanol–water partition coefficient (Wildman–Crippen LogP) is 3.68. The molecule has 1 aliphatic heterocycles. The summed E-state index contributed by atoms with van der Waals surface area (Å²) in [5.74, 6) is 1.73. The Bertz CT molecular complexity index is 387. The maximum atomic E-state index is 13.2. The molecule has 3 fully saturated rings. The summed E-state index contributed by atoms with van der Waals surface area (Å²) in [4.78, 5) is 15.5. The summed E-state index contributed by atoms with van der Waals surface area (Å²) in [6.45, 7) is 6.89. The van der Waals surface area contributed by atoms with Gasteiger partial charge in [-0.3, -0.25) is 10.1 Å². The molecule has 3 unspecified atom stereocenters. The fourth-order valence-electron chi connectivity index (χ4n) is 4.89. The van der Waals surface area contributed by atoms with Crippen molar-refractivity contribution >= 4 is 5.91 Å². The van der Waals surface area contributed by atoms with E-state index in [2.05, 4.69) is 31.0 Å². The van der Waals surface area contributed by atoms with Crippen molar-refractivity contribution in [1.29, 1.82) is 0 Å². The number of nitrogens with zero attached hydrogens (tertiary/aromatic N) is 1. The molecule has 1 N–H and O–H groups in total. The minimum Gasteiger partial charge on any atom is -0.322 e. The van der Waals surface area contributed by atoms with Gasteiger partial charge in [-0.2, -0.15) is 0 Å². The Morgan fingerprint density at radius 3 is 2.48 bits per heavy atom. The molecule has 3 nitrogen and oxygen atoms in total. The summed E-state index contributed by atoms with van der Waals surface area (Å²) < 4.78 is 0. The first kappa shape index (κ1) is 15.3. The van der Waals surface area contributed by atoms with Crippen molar-refractivity contribution in [3.05, 3.63) is 0 Å². The van der Waals surface area contributed by atoms with Gasteiger partial charge in [0.25, 0.3) is 0 Å². The molecule has 0 radical (unpaired) electrons. The second-order valence-corrected chi connectivity index (χ2v) is 8.12. The summed E-state index contributed by atoms with van der Waals surface area (Å²) in [5.41, 5.74) is -0.198. The second kappa shape index (κ2) is 5.91. The van der Waals surface area contributed by atoms with E-state index in [4.69, 9.17) is 0 Å². The summed E-state index contributed by atoms with van der Waals surface area (Å²) in [6, 6.07) is 0.475. The molecule has 3 atom stereocenters. The zero-order chi connectivity index (χ0) is 15.0. The van der Waals surface area contributed by atoms with Gasteiger partial charge < -0.3 is 4.90 Å². The van der Waals surface area contributed by atoms with E-state index in [-0.39, 0.29) is 11.7 Å². The van der Waals surface area contributed by atoms with Crippen LogP contribution in [0.3, 0.4) is 0 Å². The zero-order valence-corrected chi connectivity index (χ0v) is 14.0. The Morgan fingerprint density at radius 1 is 1.19 bits per heavy atom. The van der Waals surface area contributed by atoms with Crippen LogP contribution >= 0.6 is 0 Å². The van der Waals surface area contributed by atoms with Crippen LogP contribution in [-0.4, -0.2) is 28.6 Å². The molecular formula is C18H32N2O. The van der Waals surface area contributed by atoms with Crippen LogP contribution in [0.25, 0.3) is 0 Å². The first-order chi connectivity index (χ1) is 10.0. The van der Waals surface area contributed by atoms with Gasteiger partial charge in [0.2, 0.25) is 5.91 Å². The maximum Gasteiger partial charge on any atom is 0.244 e. The van der Waals surface area contributed by atoms with Crippen molar-refractivity contribution in [2.24, 2.45) is 11.8 Å². The molecule has 0 aromatic carbocycles. The molecule has 21 heavy (non-hydrogen) atoms. The molecule has 120 valence electrons. The van der Waals surface area contributed by atoms with E-state index in [0.29, 0.717) is 23.8 Å². The summed E-state index contributed by atoms with van der Waals surface area (Å²) in [5, 5.41) is 3.79. The lowest BCUT2D eigenvalue weighted by Crippen LogP contribution is -2.49. The number of hydrogen-bond donors (Lipinski definition) is 1. The first-order valence-corrected chi connectivity index (χ1v) is 9.14. The number of amides is 1. The monoisotopic (exact) mass is 292 g/mol. The van der Waals surface area contributed by atoms with Gasteiger partial charge in [0, 0.05) is 6.04 Å². The number of rotatable bonds is 3. The molecule has 3 heteroatoms. The average Bonchev–Trinajstić information content (AvgIpc) is 2.99. The third-order valence-electron chi connectivity index (χ3n) is 6.00. The molecule has 1 amide bonds. The Morgan fingerprint density at radius 2 is 1.86 bits per heavy atom. The highest BCUT2D eigenvalue weighted by atomic mass is 16.2. The number of carbonyl (C=O) groups is 1. The summed E-state index contributed by atoms with van der Waals surface area (Å²) in [7, 11) is 0. The molecule has 3 rings (SSSR count). The molecule has 0 aromatic rings. The highest BCUT2D eigenvalue weighted by Crippen LogP contribution is 2.41. The predicted molar refractivity (Wildman–Crippen MR) is 85.8 cm³/mol. The molecule has 1 heterocycles. The Kier molecular flexibility index (Phi) is 4.31. The largest absolute Gasteiger partial charge is 0.322 e. The van der Waals surface area contributed by atoms with Crippen LogP contribution < -0.4 is 5.32 Å². The lowest BCUT2D eigenvalue weighted by molar-refractivity contribution is -0.137. The lowest BCUT2D eigenvalue weighted by atomic mass is 9.84. The van der Waals surface area contributed by atoms with E-state index in [1.165, 1.54) is 38.5 Å². The standard InChI is InChI=1S/C18H32N2O/c1-13(2)12-16-19-18(10-6-7-11-18)17(21)20(16)15-9-5-4-8-14(15)3/h13-16,19H,4-12H2,1-3H3. The molecule has 0 bridgehead atoms. The van der Waals surface area contributed by atoms with Gasteiger partial charge in [-0.1, -0.05) is 46.5 Å². The fraction of sp³-hybridized carbons (Fsp3) is 0.944. The van der Waals surface area contributed by atoms with Crippen molar-refractivity contribution < 1.29 is 4.79 Å². The van der Waals surface area contributed by atoms with Crippen LogP contribution in [0, 0.1) is 11.8 Å². The molecule has 1 spiro atoms. The van der Waals surface area contributed by atoms with Crippen LogP contribution in [0.4, 0.5) is 0 Å². The van der Waals surface area contributed by atoms with Crippen molar-refractivity contribution in [2.45, 2.75) is 96.3 Å². The number of nitrogens with one attached hydrogen (secondary N) is 1. The van der Waals surface area contributed by atoms with Crippen molar-refractivity contribution in [2.75, 3.05) is 0 Å². The van der Waals surface area contributed by atoms with E-state index >= 15 is 0 Å². The second-order valence-electron chi connectivity index (χ2n) is 8.12. The highest BCUT2D eigenvalue weighted by molar-refractivity contribution is 5.89. The summed E-state index contributed by atoms with van der Waals surface area (Å²) >= 11 is 0. The Balaban J connectivity index is 1.84. The molecule has 1 saturated heterocycles. The lowest BCUT2D eigenvalue weighted by Gasteiger charge is -2.40. The first-order valence-electron chi connectivity index (χ1n) is 9.14. The highest BCUT2D eigenvalue weighted by Gasteiger charge is 2.54. The minimum atomic E-state index is -0.198. The topological polar surface area (TPSA) is 32.3 Å². The fourth-order valence-corrected chi connectivity index (χ4v) is 4.89. The normalized spacial score (nSPS) is 36.1. The van der Waals surface area contributed by atoms with E-state index in [9.17, 15) is 4.79 Å². The number of carbonyl (C=O) groups excluding carboxylic acids is 1. The van der Waals surface area contributed by atoms with Gasteiger partial charge in [-0.05, 0) is 43.9 Å². The SMILES string of the molecule is CC(C)CC1NC2(CCCC2)C(=O)N1C1CCCCC1C. The smallest absolute Gasteiger partial charge is 0.244 e. The summed E-state index contributed by atoms with van der Waals surface area (Å²) in [6.07, 6.45) is 11.0. The van der Waals surface area contributed by atoms with Crippen molar-refractivity contribution in [1.82, 2.24) is 10.2 Å². The van der Waals surface area contributed by atoms with Gasteiger partial charge in [0.15, 0.2) is 0 Å². The molecule has 2 saturated carbocycles. The number of hydrogen-bond acceptors (Lipinski definition) is 2. The zero-order valence-electron chi connectivity index (χ0n) is 14.0. The van der Waals surface area contributed by atoms with Gasteiger partial charge in [-0.25, -0.2) is 0 Å². The molecule has 3 aliphatic rings. The molecule has 2 aliphatic carbocycles. The van der Waals surface area contributed by atoms with E-state index < -0.39 is 0 Å². The quantitative estimate of drug-likeness (QED) is 0.860. The van der Waals surface area contributed by atoms with Gasteiger partial charge in [-0.15, -0.1) is 0 Å². The van der Waals surface area contributed by atoms with E-state index in [1.54, 1.807) is 0 Å². The Hall–Kier alpha value is -0.570. The van der Waals surface area contributed by atoms with Gasteiger partial charge >= 0.3 is 0 Å². The van der Waals surface area contributed by atoms with Gasteiger partial charge in [0.05, 0.1) is 11.7 Å². The van der Waals surface area contributed by atoms with Crippen LogP contribution in [0.15, 0.2) is 0 Å². The van der Waals surface area contributed by atoms with Crippen molar-refractivity contribution in [3.63, 3.8) is 0 Å². The van der Waals surface area contributed by atoms with E-state index in [1.807, 2.05) is 0 Å². The van der Waals surface area contributed by atoms with Crippen LogP contribution in [0.1, 0.15) is 78.6 Å². The van der Waals surface area contributed by atoms with E-state index in [0.717, 1.165) is 19.3 Å². The molecule has 0 aromatic heterocycles. The third kappa shape index (κ3) is 2.74. The average molecular weight is 292 g/mol. The van der Waals surface area contributed by atoms with Gasteiger partial charge in [0.1, 0.15) is 0 Å². The van der Waals surface area contributed by atoms with Crippen LogP contribution in [0.5, 0.6) is 0 Å².